The summed E-state index contributed by atoms with van der Waals surface area (Å²) in [6.07, 6.45) is 6.10. The van der Waals surface area contributed by atoms with Gasteiger partial charge in [0, 0.05) is 11.3 Å². The van der Waals surface area contributed by atoms with Crippen LogP contribution in [0.4, 0.5) is 5.13 Å². The van der Waals surface area contributed by atoms with Gasteiger partial charge in [0.2, 0.25) is 0 Å². The average Bonchev–Trinajstić information content (AvgIpc) is 2.98. The van der Waals surface area contributed by atoms with Gasteiger partial charge in [0.05, 0.1) is 10.6 Å². The number of thiazole rings is 1. The van der Waals surface area contributed by atoms with Crippen LogP contribution in [0.2, 0.25) is 0 Å². The maximum Gasteiger partial charge on any atom is 0.263 e. The third kappa shape index (κ3) is 3.75. The zero-order chi connectivity index (χ0) is 16.4. The summed E-state index contributed by atoms with van der Waals surface area (Å²) >= 11 is 1.37. The van der Waals surface area contributed by atoms with E-state index in [0.29, 0.717) is 11.0 Å². The Balaban J connectivity index is 1.77. The molecule has 124 valence electrons. The molecule has 1 aliphatic rings. The van der Waals surface area contributed by atoms with Crippen molar-refractivity contribution in [2.45, 2.75) is 56.8 Å². The highest BCUT2D eigenvalue weighted by Gasteiger charge is 2.21. The van der Waals surface area contributed by atoms with E-state index in [2.05, 4.69) is 9.71 Å². The van der Waals surface area contributed by atoms with Crippen molar-refractivity contribution in [2.75, 3.05) is 4.72 Å². The number of benzene rings is 1. The van der Waals surface area contributed by atoms with Crippen LogP contribution >= 0.6 is 11.3 Å². The number of aromatic nitrogens is 1. The van der Waals surface area contributed by atoms with Gasteiger partial charge in [0.15, 0.2) is 5.13 Å². The van der Waals surface area contributed by atoms with Crippen LogP contribution in [0.1, 0.15) is 54.8 Å². The molecule has 0 spiro atoms. The van der Waals surface area contributed by atoms with Crippen LogP contribution in [0.25, 0.3) is 0 Å². The highest BCUT2D eigenvalue weighted by molar-refractivity contribution is 7.93. The molecule has 1 aromatic carbocycles. The van der Waals surface area contributed by atoms with Gasteiger partial charge in [-0.2, -0.15) is 0 Å². The smallest absolute Gasteiger partial charge is 0.255 e. The summed E-state index contributed by atoms with van der Waals surface area (Å²) in [5, 5.41) is 2.46. The van der Waals surface area contributed by atoms with Gasteiger partial charge in [0.25, 0.3) is 10.0 Å². The molecule has 23 heavy (non-hydrogen) atoms. The van der Waals surface area contributed by atoms with E-state index >= 15 is 0 Å². The fraction of sp³-hybridized carbons (Fsp3) is 0.471. The predicted octanol–water partition coefficient (Wildman–Crippen LogP) is 4.61. The fourth-order valence-corrected chi connectivity index (χ4v) is 5.10. The highest BCUT2D eigenvalue weighted by atomic mass is 32.2. The van der Waals surface area contributed by atoms with Crippen LogP contribution < -0.4 is 4.72 Å². The van der Waals surface area contributed by atoms with E-state index in [1.54, 1.807) is 12.1 Å². The maximum atomic E-state index is 12.5. The molecule has 2 aromatic rings. The molecule has 1 fully saturated rings. The minimum atomic E-state index is -3.57. The summed E-state index contributed by atoms with van der Waals surface area (Å²) < 4.78 is 27.6. The molecule has 0 radical (unpaired) electrons. The Bertz CT molecular complexity index is 791. The lowest BCUT2D eigenvalue weighted by Gasteiger charge is -2.19. The SMILES string of the molecule is Cc1ccc(S(=O)(=O)Nc2nc(C3CCCCC3)cs2)cc1C. The van der Waals surface area contributed by atoms with Crippen LogP contribution in [0, 0.1) is 13.8 Å². The number of rotatable bonds is 4. The van der Waals surface area contributed by atoms with E-state index in [9.17, 15) is 8.42 Å². The maximum absolute atomic E-state index is 12.5. The van der Waals surface area contributed by atoms with Crippen LogP contribution in [0.5, 0.6) is 0 Å². The summed E-state index contributed by atoms with van der Waals surface area (Å²) in [5.74, 6) is 0.486. The molecule has 0 atom stereocenters. The molecule has 0 saturated heterocycles. The molecule has 0 unspecified atom stereocenters. The van der Waals surface area contributed by atoms with Gasteiger partial charge >= 0.3 is 0 Å². The second-order valence-corrected chi connectivity index (χ2v) is 8.80. The first-order chi connectivity index (χ1) is 11.0. The fourth-order valence-electron chi connectivity index (χ4n) is 2.97. The molecule has 6 heteroatoms. The standard InChI is InChI=1S/C17H22N2O2S2/c1-12-8-9-15(10-13(12)2)23(20,21)19-17-18-16(11-22-17)14-6-4-3-5-7-14/h8-11,14H,3-7H2,1-2H3,(H,18,19). The van der Waals surface area contributed by atoms with Gasteiger partial charge in [-0.1, -0.05) is 25.3 Å². The van der Waals surface area contributed by atoms with Gasteiger partial charge in [-0.25, -0.2) is 13.4 Å². The number of hydrogen-bond acceptors (Lipinski definition) is 4. The molecule has 0 amide bonds. The topological polar surface area (TPSA) is 59.1 Å². The second kappa shape index (κ2) is 6.61. The Morgan fingerprint density at radius 3 is 2.57 bits per heavy atom. The zero-order valence-corrected chi connectivity index (χ0v) is 15.1. The number of hydrogen-bond donors (Lipinski definition) is 1. The van der Waals surface area contributed by atoms with Gasteiger partial charge < -0.3 is 0 Å². The molecule has 1 saturated carbocycles. The van der Waals surface area contributed by atoms with Crippen LogP contribution in [-0.4, -0.2) is 13.4 Å². The van der Waals surface area contributed by atoms with Crippen molar-refractivity contribution in [3.63, 3.8) is 0 Å². The van der Waals surface area contributed by atoms with Crippen molar-refractivity contribution >= 4 is 26.5 Å². The quantitative estimate of drug-likeness (QED) is 0.876. The first kappa shape index (κ1) is 16.5. The lowest BCUT2D eigenvalue weighted by atomic mass is 9.87. The molecule has 0 aliphatic heterocycles. The summed E-state index contributed by atoms with van der Waals surface area (Å²) in [5.41, 5.74) is 3.08. The van der Waals surface area contributed by atoms with Crippen LogP contribution in [0.3, 0.4) is 0 Å². The van der Waals surface area contributed by atoms with Crippen molar-refractivity contribution in [1.29, 1.82) is 0 Å². The number of anilines is 1. The zero-order valence-electron chi connectivity index (χ0n) is 13.5. The highest BCUT2D eigenvalue weighted by Crippen LogP contribution is 2.34. The Kier molecular flexibility index (Phi) is 4.73. The Labute approximate surface area is 142 Å². The summed E-state index contributed by atoms with van der Waals surface area (Å²) in [6, 6.07) is 5.17. The van der Waals surface area contributed by atoms with E-state index < -0.39 is 10.0 Å². The number of aryl methyl sites for hydroxylation is 2. The molecule has 4 nitrogen and oxygen atoms in total. The lowest BCUT2D eigenvalue weighted by Crippen LogP contribution is -2.13. The summed E-state index contributed by atoms with van der Waals surface area (Å²) in [6.45, 7) is 3.88. The van der Waals surface area contributed by atoms with E-state index in [-0.39, 0.29) is 4.90 Å². The largest absolute Gasteiger partial charge is 0.263 e. The Hall–Kier alpha value is -1.40. The van der Waals surface area contributed by atoms with E-state index in [0.717, 1.165) is 29.7 Å². The molecule has 1 aromatic heterocycles. The lowest BCUT2D eigenvalue weighted by molar-refractivity contribution is 0.438. The normalized spacial score (nSPS) is 16.4. The van der Waals surface area contributed by atoms with Gasteiger partial charge in [0.1, 0.15) is 0 Å². The van der Waals surface area contributed by atoms with Gasteiger partial charge in [-0.3, -0.25) is 4.72 Å². The van der Waals surface area contributed by atoms with Crippen molar-refractivity contribution in [3.05, 3.63) is 40.4 Å². The molecule has 1 N–H and O–H groups in total. The van der Waals surface area contributed by atoms with Crippen molar-refractivity contribution in [2.24, 2.45) is 0 Å². The number of nitrogens with zero attached hydrogens (tertiary/aromatic N) is 1. The summed E-state index contributed by atoms with van der Waals surface area (Å²) in [7, 11) is -3.57. The van der Waals surface area contributed by atoms with Gasteiger partial charge in [-0.05, 0) is 49.9 Å². The molecule has 1 aliphatic carbocycles. The minimum Gasteiger partial charge on any atom is -0.255 e. The van der Waals surface area contributed by atoms with Crippen molar-refractivity contribution in [1.82, 2.24) is 4.98 Å². The van der Waals surface area contributed by atoms with E-state index in [1.807, 2.05) is 25.3 Å². The Morgan fingerprint density at radius 1 is 1.13 bits per heavy atom. The first-order valence-electron chi connectivity index (χ1n) is 8.01. The second-order valence-electron chi connectivity index (χ2n) is 6.26. The molecule has 3 rings (SSSR count). The monoisotopic (exact) mass is 350 g/mol. The predicted molar refractivity (Wildman–Crippen MR) is 94.7 cm³/mol. The number of sulfonamides is 1. The van der Waals surface area contributed by atoms with E-state index in [4.69, 9.17) is 0 Å². The molecular formula is C17H22N2O2S2. The van der Waals surface area contributed by atoms with Crippen molar-refractivity contribution in [3.8, 4) is 0 Å². The third-order valence-corrected chi connectivity index (χ3v) is 6.80. The third-order valence-electron chi connectivity index (χ3n) is 4.56. The number of nitrogens with one attached hydrogen (secondary N) is 1. The minimum absolute atomic E-state index is 0.287. The summed E-state index contributed by atoms with van der Waals surface area (Å²) in [4.78, 5) is 4.80. The van der Waals surface area contributed by atoms with Gasteiger partial charge in [-0.15, -0.1) is 11.3 Å². The molecular weight excluding hydrogens is 328 g/mol. The van der Waals surface area contributed by atoms with Crippen LogP contribution in [-0.2, 0) is 10.0 Å². The molecule has 0 bridgehead atoms. The average molecular weight is 351 g/mol. The van der Waals surface area contributed by atoms with Crippen molar-refractivity contribution < 1.29 is 8.42 Å². The van der Waals surface area contributed by atoms with E-state index in [1.165, 1.54) is 30.6 Å². The Morgan fingerprint density at radius 2 is 1.87 bits per heavy atom. The molecule has 1 heterocycles. The van der Waals surface area contributed by atoms with Crippen LogP contribution in [0.15, 0.2) is 28.5 Å². The first-order valence-corrected chi connectivity index (χ1v) is 10.4.